The minimum atomic E-state index is 0.483. The second kappa shape index (κ2) is 5.70. The van der Waals surface area contributed by atoms with E-state index in [0.717, 1.165) is 42.7 Å². The van der Waals surface area contributed by atoms with Crippen LogP contribution in [0.15, 0.2) is 0 Å². The van der Waals surface area contributed by atoms with Crippen molar-refractivity contribution in [2.75, 3.05) is 19.8 Å². The van der Waals surface area contributed by atoms with Gasteiger partial charge >= 0.3 is 0 Å². The van der Waals surface area contributed by atoms with Crippen LogP contribution in [0.1, 0.15) is 36.2 Å². The molecule has 1 atom stereocenters. The van der Waals surface area contributed by atoms with Crippen LogP contribution in [-0.2, 0) is 11.3 Å². The van der Waals surface area contributed by atoms with E-state index in [0.29, 0.717) is 11.8 Å². The van der Waals surface area contributed by atoms with Gasteiger partial charge in [0.15, 0.2) is 0 Å². The van der Waals surface area contributed by atoms with Crippen molar-refractivity contribution in [3.8, 4) is 0 Å². The molecule has 90 valence electrons. The van der Waals surface area contributed by atoms with Gasteiger partial charge in [0.05, 0.1) is 6.61 Å². The van der Waals surface area contributed by atoms with Crippen LogP contribution in [0.25, 0.3) is 0 Å². The monoisotopic (exact) mass is 241 g/mol. The number of hydrogen-bond donors (Lipinski definition) is 1. The van der Waals surface area contributed by atoms with Crippen molar-refractivity contribution >= 4 is 11.3 Å². The molecule has 2 rings (SSSR count). The van der Waals surface area contributed by atoms with Crippen LogP contribution in [0, 0.1) is 5.92 Å². The van der Waals surface area contributed by atoms with Crippen LogP contribution >= 0.6 is 11.3 Å². The van der Waals surface area contributed by atoms with Gasteiger partial charge in [-0.05, 0) is 18.9 Å². The summed E-state index contributed by atoms with van der Waals surface area (Å²) < 4.78 is 5.36. The molecule has 4 nitrogen and oxygen atoms in total. The fraction of sp³-hybridized carbons (Fsp3) is 0.818. The number of nitrogens with zero attached hydrogens (tertiary/aromatic N) is 2. The Hall–Kier alpha value is -0.520. The second-order valence-electron chi connectivity index (χ2n) is 4.62. The van der Waals surface area contributed by atoms with Gasteiger partial charge in [0.25, 0.3) is 0 Å². The summed E-state index contributed by atoms with van der Waals surface area (Å²) in [6.07, 6.45) is 1.09. The first-order chi connectivity index (χ1) is 7.75. The van der Waals surface area contributed by atoms with Gasteiger partial charge in [-0.3, -0.25) is 0 Å². The van der Waals surface area contributed by atoms with E-state index in [1.807, 2.05) is 0 Å². The first-order valence-electron chi connectivity index (χ1n) is 5.86. The number of nitrogens with one attached hydrogen (secondary N) is 1. The molecule has 0 amide bonds. The van der Waals surface area contributed by atoms with Gasteiger partial charge in [-0.1, -0.05) is 25.2 Å². The van der Waals surface area contributed by atoms with Crippen LogP contribution in [-0.4, -0.2) is 30.0 Å². The third kappa shape index (κ3) is 3.23. The molecule has 1 aliphatic rings. The smallest absolute Gasteiger partial charge is 0.131 e. The molecular formula is C11H19N3OS. The highest BCUT2D eigenvalue weighted by molar-refractivity contribution is 7.11. The molecule has 1 aromatic heterocycles. The van der Waals surface area contributed by atoms with Crippen molar-refractivity contribution in [3.63, 3.8) is 0 Å². The molecule has 0 aromatic carbocycles. The van der Waals surface area contributed by atoms with Crippen molar-refractivity contribution in [1.82, 2.24) is 15.5 Å². The molecule has 1 aliphatic heterocycles. The standard InChI is InChI=1S/C11H19N3OS/c1-8(2)5-12-6-10-13-14-11(16-10)9-3-4-15-7-9/h8-9,12H,3-7H2,1-2H3. The van der Waals surface area contributed by atoms with E-state index in [-0.39, 0.29) is 0 Å². The zero-order valence-electron chi connectivity index (χ0n) is 9.90. The van der Waals surface area contributed by atoms with E-state index in [9.17, 15) is 0 Å². The summed E-state index contributed by atoms with van der Waals surface area (Å²) in [4.78, 5) is 0. The molecule has 0 saturated carbocycles. The summed E-state index contributed by atoms with van der Waals surface area (Å²) >= 11 is 1.72. The second-order valence-corrected chi connectivity index (χ2v) is 5.71. The highest BCUT2D eigenvalue weighted by Gasteiger charge is 2.21. The zero-order chi connectivity index (χ0) is 11.4. The van der Waals surface area contributed by atoms with Crippen LogP contribution in [0.3, 0.4) is 0 Å². The molecule has 0 radical (unpaired) electrons. The van der Waals surface area contributed by atoms with Gasteiger partial charge < -0.3 is 10.1 Å². The van der Waals surface area contributed by atoms with Gasteiger partial charge in [0, 0.05) is 19.1 Å². The lowest BCUT2D eigenvalue weighted by Gasteiger charge is -2.04. The largest absolute Gasteiger partial charge is 0.381 e. The Balaban J connectivity index is 1.82. The Bertz CT molecular complexity index is 321. The molecule has 1 unspecified atom stereocenters. The van der Waals surface area contributed by atoms with E-state index >= 15 is 0 Å². The number of hydrogen-bond acceptors (Lipinski definition) is 5. The molecule has 2 heterocycles. The molecule has 5 heteroatoms. The molecular weight excluding hydrogens is 222 g/mol. The Morgan fingerprint density at radius 3 is 3.06 bits per heavy atom. The highest BCUT2D eigenvalue weighted by atomic mass is 32.1. The zero-order valence-corrected chi connectivity index (χ0v) is 10.7. The lowest BCUT2D eigenvalue weighted by molar-refractivity contribution is 0.194. The van der Waals surface area contributed by atoms with Crippen molar-refractivity contribution in [2.24, 2.45) is 5.92 Å². The Labute approximate surface area is 100 Å². The summed E-state index contributed by atoms with van der Waals surface area (Å²) in [7, 11) is 0. The predicted molar refractivity (Wildman–Crippen MR) is 64.6 cm³/mol. The third-order valence-electron chi connectivity index (χ3n) is 2.59. The fourth-order valence-corrected chi connectivity index (χ4v) is 2.63. The van der Waals surface area contributed by atoms with Gasteiger partial charge in [0.1, 0.15) is 10.0 Å². The first-order valence-corrected chi connectivity index (χ1v) is 6.68. The molecule has 1 saturated heterocycles. The molecule has 1 fully saturated rings. The van der Waals surface area contributed by atoms with E-state index in [4.69, 9.17) is 4.74 Å². The van der Waals surface area contributed by atoms with E-state index in [1.54, 1.807) is 11.3 Å². The van der Waals surface area contributed by atoms with Gasteiger partial charge in [-0.2, -0.15) is 0 Å². The first kappa shape index (κ1) is 12.0. The Kier molecular flexibility index (Phi) is 4.26. The van der Waals surface area contributed by atoms with E-state index < -0.39 is 0 Å². The molecule has 0 bridgehead atoms. The summed E-state index contributed by atoms with van der Waals surface area (Å²) in [6.45, 7) is 7.95. The van der Waals surface area contributed by atoms with Crippen LogP contribution in [0.5, 0.6) is 0 Å². The Morgan fingerprint density at radius 1 is 1.50 bits per heavy atom. The number of rotatable bonds is 5. The van der Waals surface area contributed by atoms with Gasteiger partial charge in [0.2, 0.25) is 0 Å². The fourth-order valence-electron chi connectivity index (χ4n) is 1.70. The summed E-state index contributed by atoms with van der Waals surface area (Å²) in [5.74, 6) is 1.16. The van der Waals surface area contributed by atoms with E-state index in [2.05, 4.69) is 29.4 Å². The predicted octanol–water partition coefficient (Wildman–Crippen LogP) is 1.79. The van der Waals surface area contributed by atoms with Gasteiger partial charge in [-0.25, -0.2) is 0 Å². The van der Waals surface area contributed by atoms with Crippen molar-refractivity contribution in [3.05, 3.63) is 10.0 Å². The maximum atomic E-state index is 5.36. The number of aromatic nitrogens is 2. The molecule has 0 spiro atoms. The minimum Gasteiger partial charge on any atom is -0.381 e. The van der Waals surface area contributed by atoms with Crippen molar-refractivity contribution in [2.45, 2.75) is 32.7 Å². The summed E-state index contributed by atoms with van der Waals surface area (Å²) in [6, 6.07) is 0. The SMILES string of the molecule is CC(C)CNCc1nnc(C2CCOC2)s1. The van der Waals surface area contributed by atoms with E-state index in [1.165, 1.54) is 0 Å². The Morgan fingerprint density at radius 2 is 2.38 bits per heavy atom. The highest BCUT2D eigenvalue weighted by Crippen LogP contribution is 2.27. The van der Waals surface area contributed by atoms with Crippen LogP contribution < -0.4 is 5.32 Å². The van der Waals surface area contributed by atoms with Crippen LogP contribution in [0.2, 0.25) is 0 Å². The quantitative estimate of drug-likeness (QED) is 0.853. The van der Waals surface area contributed by atoms with Crippen molar-refractivity contribution in [1.29, 1.82) is 0 Å². The molecule has 0 aliphatic carbocycles. The number of ether oxygens (including phenoxy) is 1. The average Bonchev–Trinajstić information content (AvgIpc) is 2.85. The summed E-state index contributed by atoms with van der Waals surface area (Å²) in [5.41, 5.74) is 0. The topological polar surface area (TPSA) is 47.0 Å². The molecule has 16 heavy (non-hydrogen) atoms. The minimum absolute atomic E-state index is 0.483. The lowest BCUT2D eigenvalue weighted by atomic mass is 10.1. The molecule has 1 N–H and O–H groups in total. The third-order valence-corrected chi connectivity index (χ3v) is 3.68. The average molecular weight is 241 g/mol. The lowest BCUT2D eigenvalue weighted by Crippen LogP contribution is -2.18. The van der Waals surface area contributed by atoms with Gasteiger partial charge in [-0.15, -0.1) is 10.2 Å². The summed E-state index contributed by atoms with van der Waals surface area (Å²) in [5, 5.41) is 14.1. The van der Waals surface area contributed by atoms with Crippen LogP contribution in [0.4, 0.5) is 0 Å². The molecule has 1 aromatic rings. The maximum absolute atomic E-state index is 5.36. The normalized spacial score (nSPS) is 20.8. The maximum Gasteiger partial charge on any atom is 0.131 e. The van der Waals surface area contributed by atoms with Crippen molar-refractivity contribution < 1.29 is 4.74 Å².